The number of aromatic carboxylic acids is 1. The fourth-order valence-electron chi connectivity index (χ4n) is 0.897. The molecule has 5 heteroatoms. The summed E-state index contributed by atoms with van der Waals surface area (Å²) in [7, 11) is 0.702. The van der Waals surface area contributed by atoms with E-state index in [2.05, 4.69) is 11.7 Å². The lowest BCUT2D eigenvalue weighted by Gasteiger charge is -2.00. The van der Waals surface area contributed by atoms with Gasteiger partial charge in [0.05, 0.1) is 5.56 Å². The first kappa shape index (κ1) is 10.1. The van der Waals surface area contributed by atoms with Crippen LogP contribution >= 0.6 is 22.5 Å². The molecule has 0 saturated heterocycles. The van der Waals surface area contributed by atoms with Crippen molar-refractivity contribution in [1.29, 1.82) is 0 Å². The normalized spacial score (nSPS) is 9.62. The number of hydrogen-bond donors (Lipinski definition) is 2. The van der Waals surface area contributed by atoms with E-state index in [0.29, 0.717) is 10.8 Å². The van der Waals surface area contributed by atoms with Crippen molar-refractivity contribution >= 4 is 33.5 Å². The first-order valence-electron chi connectivity index (χ1n) is 3.35. The highest BCUT2D eigenvalue weighted by molar-refractivity contribution is 8.75. The van der Waals surface area contributed by atoms with Gasteiger partial charge in [0.1, 0.15) is 0 Å². The zero-order valence-electron chi connectivity index (χ0n) is 6.43. The number of hydrogen-bond acceptors (Lipinski definition) is 4. The fraction of sp³-hybridized carbons (Fsp3) is 0. The van der Waals surface area contributed by atoms with E-state index in [-0.39, 0.29) is 16.2 Å². The van der Waals surface area contributed by atoms with Gasteiger partial charge in [-0.2, -0.15) is 0 Å². The Labute approximate surface area is 84.0 Å². The molecule has 0 aliphatic carbocycles. The van der Waals surface area contributed by atoms with E-state index >= 15 is 0 Å². The summed E-state index contributed by atoms with van der Waals surface area (Å²) in [6, 6.07) is 6.04. The van der Waals surface area contributed by atoms with Gasteiger partial charge in [0.15, 0.2) is 0 Å². The van der Waals surface area contributed by atoms with Crippen LogP contribution in [0.4, 0.5) is 0 Å². The molecule has 0 atom stereocenters. The monoisotopic (exact) mass is 214 g/mol. The van der Waals surface area contributed by atoms with Gasteiger partial charge in [-0.3, -0.25) is 4.79 Å². The summed E-state index contributed by atoms with van der Waals surface area (Å²) >= 11 is 3.72. The Morgan fingerprint density at radius 2 is 1.77 bits per heavy atom. The largest absolute Gasteiger partial charge is 0.478 e. The fourth-order valence-corrected chi connectivity index (χ4v) is 1.47. The first-order chi connectivity index (χ1) is 6.16. The number of carbonyl (C=O) groups is 2. The Bertz CT molecular complexity index is 349. The molecule has 1 aromatic rings. The molecule has 0 amide bonds. The molecule has 0 bridgehead atoms. The molecule has 0 heterocycles. The Kier molecular flexibility index (Phi) is 3.39. The highest BCUT2D eigenvalue weighted by Gasteiger charge is 2.14. The third-order valence-electron chi connectivity index (χ3n) is 1.46. The zero-order valence-corrected chi connectivity index (χ0v) is 8.14. The molecule has 68 valence electrons. The van der Waals surface area contributed by atoms with Crippen LogP contribution in [-0.2, 0) is 0 Å². The predicted molar refractivity (Wildman–Crippen MR) is 54.3 cm³/mol. The van der Waals surface area contributed by atoms with E-state index < -0.39 is 5.97 Å². The molecular weight excluding hydrogens is 208 g/mol. The summed E-state index contributed by atoms with van der Waals surface area (Å²) in [6.45, 7) is 0. The van der Waals surface area contributed by atoms with Gasteiger partial charge in [-0.25, -0.2) is 4.79 Å². The van der Waals surface area contributed by atoms with Gasteiger partial charge in [0.2, 0.25) is 5.12 Å². The molecule has 0 spiro atoms. The smallest absolute Gasteiger partial charge is 0.336 e. The van der Waals surface area contributed by atoms with E-state index in [9.17, 15) is 9.59 Å². The van der Waals surface area contributed by atoms with Crippen LogP contribution < -0.4 is 0 Å². The molecule has 0 aromatic heterocycles. The minimum atomic E-state index is -1.11. The van der Waals surface area contributed by atoms with Gasteiger partial charge >= 0.3 is 5.97 Å². The molecule has 0 fully saturated rings. The lowest BCUT2D eigenvalue weighted by Crippen LogP contribution is -2.04. The summed E-state index contributed by atoms with van der Waals surface area (Å²) in [5.41, 5.74) is 0.184. The number of carboxylic acid groups (broad SMARTS) is 1. The second-order valence-corrected chi connectivity index (χ2v) is 3.33. The number of carboxylic acids is 1. The van der Waals surface area contributed by atoms with Crippen molar-refractivity contribution < 1.29 is 14.7 Å². The maximum absolute atomic E-state index is 11.2. The van der Waals surface area contributed by atoms with Crippen LogP contribution in [0.1, 0.15) is 20.7 Å². The third kappa shape index (κ3) is 2.26. The highest BCUT2D eigenvalue weighted by atomic mass is 33.1. The van der Waals surface area contributed by atoms with Crippen molar-refractivity contribution in [2.45, 2.75) is 0 Å². The summed E-state index contributed by atoms with van der Waals surface area (Å²) in [5, 5.41) is 8.36. The minimum absolute atomic E-state index is 0.00838. The van der Waals surface area contributed by atoms with Crippen molar-refractivity contribution in [2.24, 2.45) is 0 Å². The molecule has 13 heavy (non-hydrogen) atoms. The summed E-state index contributed by atoms with van der Waals surface area (Å²) in [5.74, 6) is -1.11. The van der Waals surface area contributed by atoms with Crippen LogP contribution in [0.25, 0.3) is 0 Å². The van der Waals surface area contributed by atoms with E-state index in [1.807, 2.05) is 0 Å². The molecule has 1 aromatic carbocycles. The van der Waals surface area contributed by atoms with Crippen LogP contribution in [0.2, 0.25) is 0 Å². The Hall–Kier alpha value is -0.940. The standard InChI is InChI=1S/C8H6O3S2/c9-7(10)5-3-1-2-4-6(5)8(11)13-12/h1-4,12H,(H,9,10). The van der Waals surface area contributed by atoms with Gasteiger partial charge in [-0.1, -0.05) is 12.1 Å². The Morgan fingerprint density at radius 3 is 2.23 bits per heavy atom. The van der Waals surface area contributed by atoms with Crippen molar-refractivity contribution in [3.05, 3.63) is 35.4 Å². The number of benzene rings is 1. The third-order valence-corrected chi connectivity index (χ3v) is 2.34. The van der Waals surface area contributed by atoms with E-state index in [4.69, 9.17) is 5.11 Å². The molecule has 0 saturated carbocycles. The molecule has 0 aliphatic rings. The average molecular weight is 214 g/mol. The molecule has 1 N–H and O–H groups in total. The minimum Gasteiger partial charge on any atom is -0.478 e. The second-order valence-electron chi connectivity index (χ2n) is 2.23. The summed E-state index contributed by atoms with van der Waals surface area (Å²) in [6.07, 6.45) is 0. The number of carbonyl (C=O) groups excluding carboxylic acids is 1. The zero-order chi connectivity index (χ0) is 9.84. The van der Waals surface area contributed by atoms with Crippen LogP contribution in [0, 0.1) is 0 Å². The SMILES string of the molecule is O=C(O)c1ccccc1C(=O)SS. The lowest BCUT2D eigenvalue weighted by atomic mass is 10.1. The molecule has 0 aliphatic heterocycles. The Balaban J connectivity index is 3.19. The molecule has 1 rings (SSSR count). The predicted octanol–water partition coefficient (Wildman–Crippen LogP) is 2.10. The highest BCUT2D eigenvalue weighted by Crippen LogP contribution is 2.18. The average Bonchev–Trinajstić information content (AvgIpc) is 2.16. The van der Waals surface area contributed by atoms with Crippen molar-refractivity contribution in [3.8, 4) is 0 Å². The lowest BCUT2D eigenvalue weighted by molar-refractivity contribution is 0.0693. The van der Waals surface area contributed by atoms with Crippen LogP contribution in [0.5, 0.6) is 0 Å². The number of thiol groups is 1. The van der Waals surface area contributed by atoms with Gasteiger partial charge in [0.25, 0.3) is 0 Å². The maximum Gasteiger partial charge on any atom is 0.336 e. The van der Waals surface area contributed by atoms with Crippen LogP contribution in [0.3, 0.4) is 0 Å². The molecular formula is C8H6O3S2. The van der Waals surface area contributed by atoms with Gasteiger partial charge in [-0.15, -0.1) is 11.7 Å². The van der Waals surface area contributed by atoms with Crippen molar-refractivity contribution in [2.75, 3.05) is 0 Å². The van der Waals surface area contributed by atoms with Gasteiger partial charge in [0, 0.05) is 5.56 Å². The molecule has 3 nitrogen and oxygen atoms in total. The maximum atomic E-state index is 11.2. The summed E-state index contributed by atoms with van der Waals surface area (Å²) < 4.78 is 0. The second kappa shape index (κ2) is 4.34. The quantitative estimate of drug-likeness (QED) is 0.584. The first-order valence-corrected chi connectivity index (χ1v) is 5.21. The van der Waals surface area contributed by atoms with E-state index in [1.54, 1.807) is 12.1 Å². The topological polar surface area (TPSA) is 54.4 Å². The summed E-state index contributed by atoms with van der Waals surface area (Å²) in [4.78, 5) is 21.8. The molecule has 0 radical (unpaired) electrons. The van der Waals surface area contributed by atoms with Crippen molar-refractivity contribution in [1.82, 2.24) is 0 Å². The van der Waals surface area contributed by atoms with Gasteiger partial charge in [-0.05, 0) is 22.9 Å². The van der Waals surface area contributed by atoms with Crippen LogP contribution in [-0.4, -0.2) is 16.2 Å². The van der Waals surface area contributed by atoms with Crippen LogP contribution in [0.15, 0.2) is 24.3 Å². The number of rotatable bonds is 2. The molecule has 0 unspecified atom stereocenters. The van der Waals surface area contributed by atoms with Crippen molar-refractivity contribution in [3.63, 3.8) is 0 Å². The Morgan fingerprint density at radius 1 is 1.23 bits per heavy atom. The van der Waals surface area contributed by atoms with E-state index in [0.717, 1.165) is 0 Å². The van der Waals surface area contributed by atoms with E-state index in [1.165, 1.54) is 12.1 Å². The van der Waals surface area contributed by atoms with Gasteiger partial charge < -0.3 is 5.11 Å².